The van der Waals surface area contributed by atoms with Crippen LogP contribution in [0.5, 0.6) is 5.75 Å². The Bertz CT molecular complexity index is 494. The Hall–Kier alpha value is -1.95. The summed E-state index contributed by atoms with van der Waals surface area (Å²) in [6.07, 6.45) is 0.961. The van der Waals surface area contributed by atoms with Crippen molar-refractivity contribution >= 4 is 5.97 Å². The van der Waals surface area contributed by atoms with Crippen LogP contribution in [0.25, 0.3) is 0 Å². The maximum Gasteiger partial charge on any atom is 0.304 e. The van der Waals surface area contributed by atoms with E-state index in [1.807, 2.05) is 24.3 Å². The third kappa shape index (κ3) is 5.36. The summed E-state index contributed by atoms with van der Waals surface area (Å²) in [5.74, 6) is 5.90. The molecule has 0 aromatic heterocycles. The molecule has 0 saturated heterocycles. The Labute approximate surface area is 121 Å². The van der Waals surface area contributed by atoms with Crippen molar-refractivity contribution in [3.8, 4) is 17.6 Å². The normalized spacial score (nSPS) is 11.6. The van der Waals surface area contributed by atoms with Gasteiger partial charge in [-0.1, -0.05) is 38.0 Å². The number of hydrogen-bond donors (Lipinski definition) is 1. The largest absolute Gasteiger partial charge is 0.493 e. The van der Waals surface area contributed by atoms with E-state index in [0.717, 1.165) is 17.7 Å². The summed E-state index contributed by atoms with van der Waals surface area (Å²) in [7, 11) is 0. The third-order valence-electron chi connectivity index (χ3n) is 2.94. The van der Waals surface area contributed by atoms with Crippen LogP contribution in [0, 0.1) is 17.8 Å². The topological polar surface area (TPSA) is 46.5 Å². The van der Waals surface area contributed by atoms with Crippen LogP contribution in [0.1, 0.15) is 45.1 Å². The van der Waals surface area contributed by atoms with Gasteiger partial charge in [-0.2, -0.15) is 0 Å². The summed E-state index contributed by atoms with van der Waals surface area (Å²) in [4.78, 5) is 11.0. The number of rotatable bonds is 7. The van der Waals surface area contributed by atoms with Crippen LogP contribution in [0.4, 0.5) is 0 Å². The lowest BCUT2D eigenvalue weighted by molar-refractivity contribution is -0.137. The van der Waals surface area contributed by atoms with Crippen LogP contribution in [-0.4, -0.2) is 17.7 Å². The van der Waals surface area contributed by atoms with E-state index in [-0.39, 0.29) is 12.3 Å². The van der Waals surface area contributed by atoms with E-state index in [9.17, 15) is 4.79 Å². The van der Waals surface area contributed by atoms with Gasteiger partial charge in [0.1, 0.15) is 5.75 Å². The Morgan fingerprint density at radius 1 is 1.35 bits per heavy atom. The van der Waals surface area contributed by atoms with Crippen molar-refractivity contribution in [1.29, 1.82) is 0 Å². The molecule has 0 aliphatic carbocycles. The SMILES string of the molecule is CC#CC(CC(=O)O)c1ccccc1OCCC(C)C. The molecule has 0 fully saturated rings. The van der Waals surface area contributed by atoms with Gasteiger partial charge in [0.25, 0.3) is 0 Å². The molecule has 1 rings (SSSR count). The van der Waals surface area contributed by atoms with E-state index in [1.165, 1.54) is 0 Å². The molecule has 0 aliphatic rings. The first kappa shape index (κ1) is 16.1. The molecule has 0 heterocycles. The molecule has 0 radical (unpaired) electrons. The van der Waals surface area contributed by atoms with Crippen molar-refractivity contribution in [2.75, 3.05) is 6.61 Å². The van der Waals surface area contributed by atoms with Crippen LogP contribution in [0.2, 0.25) is 0 Å². The van der Waals surface area contributed by atoms with Crippen LogP contribution in [0.3, 0.4) is 0 Å². The predicted octanol–water partition coefficient (Wildman–Crippen LogP) is 3.69. The lowest BCUT2D eigenvalue weighted by Crippen LogP contribution is -2.08. The van der Waals surface area contributed by atoms with Crippen LogP contribution in [-0.2, 0) is 4.79 Å². The number of carboxylic acids is 1. The lowest BCUT2D eigenvalue weighted by atomic mass is 9.95. The van der Waals surface area contributed by atoms with E-state index in [4.69, 9.17) is 9.84 Å². The molecule has 1 aromatic carbocycles. The fourth-order valence-corrected chi connectivity index (χ4v) is 1.89. The molecule has 1 aromatic rings. The molecule has 0 bridgehead atoms. The van der Waals surface area contributed by atoms with Crippen LogP contribution < -0.4 is 4.74 Å². The number of para-hydroxylation sites is 1. The zero-order valence-electron chi connectivity index (χ0n) is 12.3. The van der Waals surface area contributed by atoms with Gasteiger partial charge < -0.3 is 9.84 Å². The predicted molar refractivity (Wildman–Crippen MR) is 79.8 cm³/mol. The number of benzene rings is 1. The Morgan fingerprint density at radius 2 is 2.05 bits per heavy atom. The molecule has 1 atom stereocenters. The fraction of sp³-hybridized carbons (Fsp3) is 0.471. The highest BCUT2D eigenvalue weighted by Crippen LogP contribution is 2.29. The zero-order chi connectivity index (χ0) is 15.0. The Balaban J connectivity index is 2.90. The molecule has 0 aliphatic heterocycles. The molecule has 3 nitrogen and oxygen atoms in total. The molecular formula is C17H22O3. The van der Waals surface area contributed by atoms with Crippen LogP contribution in [0.15, 0.2) is 24.3 Å². The minimum atomic E-state index is -0.852. The minimum absolute atomic E-state index is 0.00854. The zero-order valence-corrected chi connectivity index (χ0v) is 12.3. The average molecular weight is 274 g/mol. The van der Waals surface area contributed by atoms with Gasteiger partial charge >= 0.3 is 5.97 Å². The first-order chi connectivity index (χ1) is 9.54. The number of carbonyl (C=O) groups is 1. The number of carboxylic acid groups (broad SMARTS) is 1. The van der Waals surface area contributed by atoms with Crippen molar-refractivity contribution in [2.24, 2.45) is 5.92 Å². The molecule has 1 N–H and O–H groups in total. The summed E-state index contributed by atoms with van der Waals surface area (Å²) in [5, 5.41) is 9.00. The summed E-state index contributed by atoms with van der Waals surface area (Å²) < 4.78 is 5.80. The molecule has 0 saturated carbocycles. The van der Waals surface area contributed by atoms with Crippen molar-refractivity contribution in [2.45, 2.75) is 39.5 Å². The molecule has 0 amide bonds. The fourth-order valence-electron chi connectivity index (χ4n) is 1.89. The molecule has 3 heteroatoms. The molecule has 0 spiro atoms. The quantitative estimate of drug-likeness (QED) is 0.771. The van der Waals surface area contributed by atoms with Gasteiger partial charge in [0, 0.05) is 5.56 Å². The molecular weight excluding hydrogens is 252 g/mol. The van der Waals surface area contributed by atoms with E-state index in [0.29, 0.717) is 12.5 Å². The van der Waals surface area contributed by atoms with Gasteiger partial charge in [-0.3, -0.25) is 4.79 Å². The summed E-state index contributed by atoms with van der Waals surface area (Å²) in [6.45, 7) is 6.64. The van der Waals surface area contributed by atoms with Gasteiger partial charge in [-0.05, 0) is 25.3 Å². The van der Waals surface area contributed by atoms with Gasteiger partial charge in [-0.15, -0.1) is 5.92 Å². The van der Waals surface area contributed by atoms with Crippen molar-refractivity contribution < 1.29 is 14.6 Å². The van der Waals surface area contributed by atoms with Gasteiger partial charge in [0.05, 0.1) is 18.9 Å². The second kappa shape index (κ2) is 8.27. The lowest BCUT2D eigenvalue weighted by Gasteiger charge is -2.15. The van der Waals surface area contributed by atoms with E-state index >= 15 is 0 Å². The van der Waals surface area contributed by atoms with E-state index < -0.39 is 5.97 Å². The van der Waals surface area contributed by atoms with Gasteiger partial charge in [0.15, 0.2) is 0 Å². The summed E-state index contributed by atoms with van der Waals surface area (Å²) >= 11 is 0. The summed E-state index contributed by atoms with van der Waals surface area (Å²) in [6, 6.07) is 7.55. The van der Waals surface area contributed by atoms with Crippen molar-refractivity contribution in [3.05, 3.63) is 29.8 Å². The standard InChI is InChI=1S/C17H22O3/c1-4-7-14(12-17(18)19)15-8-5-6-9-16(15)20-11-10-13(2)3/h5-6,8-9,13-14H,10-12H2,1-3H3,(H,18,19). The highest BCUT2D eigenvalue weighted by molar-refractivity contribution is 5.69. The third-order valence-corrected chi connectivity index (χ3v) is 2.94. The van der Waals surface area contributed by atoms with E-state index in [2.05, 4.69) is 25.7 Å². The Kier molecular flexibility index (Phi) is 6.66. The monoisotopic (exact) mass is 274 g/mol. The van der Waals surface area contributed by atoms with Gasteiger partial charge in [0.2, 0.25) is 0 Å². The second-order valence-corrected chi connectivity index (χ2v) is 5.11. The molecule has 20 heavy (non-hydrogen) atoms. The second-order valence-electron chi connectivity index (χ2n) is 5.11. The Morgan fingerprint density at radius 3 is 2.65 bits per heavy atom. The summed E-state index contributed by atoms with van der Waals surface area (Å²) in [5.41, 5.74) is 0.855. The molecule has 108 valence electrons. The first-order valence-corrected chi connectivity index (χ1v) is 6.90. The van der Waals surface area contributed by atoms with Crippen LogP contribution >= 0.6 is 0 Å². The van der Waals surface area contributed by atoms with E-state index in [1.54, 1.807) is 6.92 Å². The number of hydrogen-bond acceptors (Lipinski definition) is 2. The number of ether oxygens (including phenoxy) is 1. The average Bonchev–Trinajstić information content (AvgIpc) is 2.38. The maximum absolute atomic E-state index is 11.0. The van der Waals surface area contributed by atoms with Crippen molar-refractivity contribution in [3.63, 3.8) is 0 Å². The first-order valence-electron chi connectivity index (χ1n) is 6.90. The minimum Gasteiger partial charge on any atom is -0.493 e. The van der Waals surface area contributed by atoms with Gasteiger partial charge in [-0.25, -0.2) is 0 Å². The smallest absolute Gasteiger partial charge is 0.304 e. The highest BCUT2D eigenvalue weighted by Gasteiger charge is 2.17. The molecule has 1 unspecified atom stereocenters. The van der Waals surface area contributed by atoms with Crippen molar-refractivity contribution in [1.82, 2.24) is 0 Å². The maximum atomic E-state index is 11.0. The number of aliphatic carboxylic acids is 1. The highest BCUT2D eigenvalue weighted by atomic mass is 16.5.